The molecule has 106 valence electrons. The van der Waals surface area contributed by atoms with Crippen LogP contribution in [0.3, 0.4) is 0 Å². The molecule has 0 saturated carbocycles. The minimum atomic E-state index is -1.72. The van der Waals surface area contributed by atoms with Crippen molar-refractivity contribution >= 4 is 8.32 Å². The molecule has 0 aromatic carbocycles. The summed E-state index contributed by atoms with van der Waals surface area (Å²) < 4.78 is 6.24. The summed E-state index contributed by atoms with van der Waals surface area (Å²) in [6.07, 6.45) is 6.04. The van der Waals surface area contributed by atoms with Gasteiger partial charge in [-0.3, -0.25) is 0 Å². The summed E-state index contributed by atoms with van der Waals surface area (Å²) in [6.45, 7) is 14.0. The summed E-state index contributed by atoms with van der Waals surface area (Å²) in [5.41, 5.74) is 0.502. The Morgan fingerprint density at radius 2 is 2.00 bits per heavy atom. The van der Waals surface area contributed by atoms with E-state index in [1.54, 1.807) is 0 Å². The third-order valence-electron chi connectivity index (χ3n) is 4.76. The number of rotatable bonds is 4. The molecule has 1 atom stereocenters. The highest BCUT2D eigenvalue weighted by molar-refractivity contribution is 6.74. The Morgan fingerprint density at radius 1 is 1.39 bits per heavy atom. The highest BCUT2D eigenvalue weighted by atomic mass is 28.4. The molecule has 0 bridgehead atoms. The highest BCUT2D eigenvalue weighted by Crippen LogP contribution is 2.38. The van der Waals surface area contributed by atoms with Crippen molar-refractivity contribution in [3.8, 4) is 0 Å². The zero-order valence-electron chi connectivity index (χ0n) is 13.0. The van der Waals surface area contributed by atoms with Gasteiger partial charge in [0.25, 0.3) is 0 Å². The Balaban J connectivity index is 2.71. The summed E-state index contributed by atoms with van der Waals surface area (Å²) >= 11 is 0. The van der Waals surface area contributed by atoms with E-state index in [0.717, 1.165) is 31.3 Å². The molecule has 1 rings (SSSR count). The second-order valence-corrected chi connectivity index (χ2v) is 11.9. The van der Waals surface area contributed by atoms with Crippen LogP contribution in [0.5, 0.6) is 0 Å². The van der Waals surface area contributed by atoms with Crippen molar-refractivity contribution in [2.24, 2.45) is 0 Å². The molecule has 3 heteroatoms. The van der Waals surface area contributed by atoms with Crippen molar-refractivity contribution in [3.63, 3.8) is 0 Å². The molecule has 1 aliphatic carbocycles. The lowest BCUT2D eigenvalue weighted by atomic mass is 9.82. The van der Waals surface area contributed by atoms with E-state index in [9.17, 15) is 5.11 Å². The van der Waals surface area contributed by atoms with Gasteiger partial charge in [-0.15, -0.1) is 0 Å². The van der Waals surface area contributed by atoms with E-state index >= 15 is 0 Å². The van der Waals surface area contributed by atoms with Crippen LogP contribution in [0, 0.1) is 0 Å². The number of allylic oxidation sites excluding steroid dienone is 1. The molecule has 0 fully saturated rings. The van der Waals surface area contributed by atoms with Crippen molar-refractivity contribution in [2.75, 3.05) is 6.61 Å². The standard InChI is InChI=1S/C15H30O2Si/c1-7-15(16)11-9-8-10-13(15)12-17-18(5,6)14(2,3)4/h10,16H,7-9,11-12H2,1-6H3/t15-/m0/s1. The molecule has 0 heterocycles. The second-order valence-electron chi connectivity index (χ2n) is 7.06. The van der Waals surface area contributed by atoms with Gasteiger partial charge in [0.1, 0.15) is 0 Å². The van der Waals surface area contributed by atoms with Crippen molar-refractivity contribution in [2.45, 2.75) is 77.1 Å². The van der Waals surface area contributed by atoms with Crippen molar-refractivity contribution in [1.29, 1.82) is 0 Å². The van der Waals surface area contributed by atoms with Crippen LogP contribution in [-0.2, 0) is 4.43 Å². The van der Waals surface area contributed by atoms with E-state index < -0.39 is 13.9 Å². The first-order valence-electron chi connectivity index (χ1n) is 7.18. The van der Waals surface area contributed by atoms with Crippen LogP contribution in [-0.4, -0.2) is 25.6 Å². The Hall–Kier alpha value is -0.123. The first-order valence-corrected chi connectivity index (χ1v) is 10.1. The molecule has 0 spiro atoms. The van der Waals surface area contributed by atoms with Gasteiger partial charge < -0.3 is 9.53 Å². The Bertz CT molecular complexity index is 315. The molecule has 0 saturated heterocycles. The zero-order valence-corrected chi connectivity index (χ0v) is 14.0. The predicted molar refractivity (Wildman–Crippen MR) is 80.3 cm³/mol. The fraction of sp³-hybridized carbons (Fsp3) is 0.867. The van der Waals surface area contributed by atoms with Crippen molar-refractivity contribution in [1.82, 2.24) is 0 Å². The highest BCUT2D eigenvalue weighted by Gasteiger charge is 2.39. The first-order chi connectivity index (χ1) is 8.12. The lowest BCUT2D eigenvalue weighted by Crippen LogP contribution is -2.43. The van der Waals surface area contributed by atoms with Crippen molar-refractivity contribution in [3.05, 3.63) is 11.6 Å². The molecule has 1 aliphatic rings. The maximum absolute atomic E-state index is 10.6. The van der Waals surface area contributed by atoms with Crippen LogP contribution in [0.2, 0.25) is 18.1 Å². The van der Waals surface area contributed by atoms with E-state index in [-0.39, 0.29) is 5.04 Å². The minimum Gasteiger partial charge on any atom is -0.413 e. The molecule has 0 aromatic rings. The Kier molecular flexibility index (Phi) is 4.85. The van der Waals surface area contributed by atoms with Gasteiger partial charge >= 0.3 is 0 Å². The summed E-state index contributed by atoms with van der Waals surface area (Å²) in [5.74, 6) is 0. The quantitative estimate of drug-likeness (QED) is 0.611. The number of hydrogen-bond acceptors (Lipinski definition) is 2. The van der Waals surface area contributed by atoms with Gasteiger partial charge in [-0.1, -0.05) is 33.8 Å². The van der Waals surface area contributed by atoms with Crippen LogP contribution in [0.1, 0.15) is 53.4 Å². The third kappa shape index (κ3) is 3.46. The Labute approximate surface area is 114 Å². The van der Waals surface area contributed by atoms with E-state index in [1.165, 1.54) is 0 Å². The molecule has 2 nitrogen and oxygen atoms in total. The topological polar surface area (TPSA) is 29.5 Å². The summed E-state index contributed by atoms with van der Waals surface area (Å²) in [6, 6.07) is 0. The monoisotopic (exact) mass is 270 g/mol. The smallest absolute Gasteiger partial charge is 0.192 e. The lowest BCUT2D eigenvalue weighted by Gasteiger charge is -2.39. The van der Waals surface area contributed by atoms with Gasteiger partial charge in [-0.05, 0) is 49.4 Å². The summed E-state index contributed by atoms with van der Waals surface area (Å²) in [4.78, 5) is 0. The van der Waals surface area contributed by atoms with Gasteiger partial charge in [-0.25, -0.2) is 0 Å². The van der Waals surface area contributed by atoms with Gasteiger partial charge in [0.05, 0.1) is 12.2 Å². The van der Waals surface area contributed by atoms with Gasteiger partial charge in [0, 0.05) is 0 Å². The normalized spacial score (nSPS) is 26.1. The van der Waals surface area contributed by atoms with Crippen LogP contribution < -0.4 is 0 Å². The lowest BCUT2D eigenvalue weighted by molar-refractivity contribution is 0.0470. The predicted octanol–water partition coefficient (Wildman–Crippen LogP) is 4.26. The summed E-state index contributed by atoms with van der Waals surface area (Å²) in [7, 11) is -1.72. The maximum atomic E-state index is 10.6. The molecule has 1 N–H and O–H groups in total. The fourth-order valence-electron chi connectivity index (χ4n) is 2.09. The number of aliphatic hydroxyl groups is 1. The molecule has 18 heavy (non-hydrogen) atoms. The molecular weight excluding hydrogens is 240 g/mol. The van der Waals surface area contributed by atoms with Crippen LogP contribution >= 0.6 is 0 Å². The average Bonchev–Trinajstić information content (AvgIpc) is 2.26. The van der Waals surface area contributed by atoms with Gasteiger partial charge in [0.15, 0.2) is 8.32 Å². The minimum absolute atomic E-state index is 0.229. The number of hydrogen-bond donors (Lipinski definition) is 1. The Morgan fingerprint density at radius 3 is 2.50 bits per heavy atom. The van der Waals surface area contributed by atoms with E-state index in [2.05, 4.69) is 46.9 Å². The van der Waals surface area contributed by atoms with Gasteiger partial charge in [-0.2, -0.15) is 0 Å². The largest absolute Gasteiger partial charge is 0.413 e. The van der Waals surface area contributed by atoms with Gasteiger partial charge in [0.2, 0.25) is 0 Å². The zero-order chi connectivity index (χ0) is 14.0. The van der Waals surface area contributed by atoms with Crippen LogP contribution in [0.25, 0.3) is 0 Å². The fourth-order valence-corrected chi connectivity index (χ4v) is 3.04. The van der Waals surface area contributed by atoms with Crippen LogP contribution in [0.4, 0.5) is 0 Å². The van der Waals surface area contributed by atoms with E-state index in [1.807, 2.05) is 0 Å². The third-order valence-corrected chi connectivity index (χ3v) is 9.24. The van der Waals surface area contributed by atoms with E-state index in [0.29, 0.717) is 6.61 Å². The summed E-state index contributed by atoms with van der Waals surface area (Å²) in [5, 5.41) is 10.8. The first kappa shape index (κ1) is 15.9. The molecule has 0 aromatic heterocycles. The van der Waals surface area contributed by atoms with Crippen molar-refractivity contribution < 1.29 is 9.53 Å². The molecule has 0 unspecified atom stereocenters. The second kappa shape index (κ2) is 5.47. The average molecular weight is 270 g/mol. The molecule has 0 amide bonds. The van der Waals surface area contributed by atoms with E-state index in [4.69, 9.17) is 4.43 Å². The SMILES string of the molecule is CC[C@]1(O)CCCC=C1CO[Si](C)(C)C(C)(C)C. The van der Waals surface area contributed by atoms with Crippen LogP contribution in [0.15, 0.2) is 11.6 Å². The molecular formula is C15H30O2Si. The molecule has 0 aliphatic heterocycles. The molecule has 0 radical (unpaired) electrons. The maximum Gasteiger partial charge on any atom is 0.192 e.